The fourth-order valence-corrected chi connectivity index (χ4v) is 8.57. The van der Waals surface area contributed by atoms with Gasteiger partial charge in [-0.1, -0.05) is 0 Å². The van der Waals surface area contributed by atoms with Gasteiger partial charge in [-0.3, -0.25) is 0 Å². The minimum Gasteiger partial charge on any atom is -0.355 e. The molecule has 0 heterocycles. The molecule has 0 aliphatic carbocycles. The molecule has 0 spiro atoms. The van der Waals surface area contributed by atoms with E-state index in [1.165, 1.54) is 42.7 Å². The van der Waals surface area contributed by atoms with Crippen LogP contribution in [0.5, 0.6) is 0 Å². The number of alkyl halides is 10. The fourth-order valence-electron chi connectivity index (χ4n) is 2.86. The van der Waals surface area contributed by atoms with Crippen molar-refractivity contribution in [2.75, 3.05) is 150 Å². The number of halogens is 18. The van der Waals surface area contributed by atoms with Gasteiger partial charge in [0.25, 0.3) is 0 Å². The second-order valence-electron chi connectivity index (χ2n) is 7.82. The van der Waals surface area contributed by atoms with Crippen molar-refractivity contribution >= 4 is 36.2 Å². The molecule has 404 valence electrons. The van der Waals surface area contributed by atoms with Gasteiger partial charge in [0.05, 0.1) is 26.4 Å². The van der Waals surface area contributed by atoms with Crippen LogP contribution in [0, 0.1) is 0 Å². The van der Waals surface area contributed by atoms with E-state index in [0.717, 1.165) is 0 Å². The first kappa shape index (κ1) is 86.2. The van der Waals surface area contributed by atoms with Crippen molar-refractivity contribution in [1.29, 1.82) is 0 Å². The summed E-state index contributed by atoms with van der Waals surface area (Å²) >= 11 is 0. The van der Waals surface area contributed by atoms with Crippen LogP contribution in [0.2, 0.25) is 0 Å². The van der Waals surface area contributed by atoms with Crippen molar-refractivity contribution in [2.24, 2.45) is 0 Å². The molecule has 0 unspecified atom stereocenters. The lowest BCUT2D eigenvalue weighted by Crippen LogP contribution is -2.50. The van der Waals surface area contributed by atoms with E-state index in [4.69, 9.17) is 98.6 Å². The summed E-state index contributed by atoms with van der Waals surface area (Å²) in [7, 11) is -4.36. The number of rotatable bonds is 30. The van der Waals surface area contributed by atoms with Gasteiger partial charge in [-0.2, -0.15) is 0 Å². The number of hydrogen-bond acceptors (Lipinski definition) is 16. The maximum absolute atomic E-state index is 12.1. The van der Waals surface area contributed by atoms with E-state index >= 15 is 0 Å². The van der Waals surface area contributed by atoms with Gasteiger partial charge in [0, 0.05) is 106 Å². The summed E-state index contributed by atoms with van der Waals surface area (Å²) in [6, 6.07) is 0. The fraction of sp³-hybridized carbons (Fsp3) is 1.00. The van der Waals surface area contributed by atoms with Gasteiger partial charge >= 0.3 is 36.2 Å². The Bertz CT molecular complexity index is 678. The third-order valence-corrected chi connectivity index (χ3v) is 13.4. The maximum Gasteiger partial charge on any atom is 0.682 e. The van der Waals surface area contributed by atoms with Crippen molar-refractivity contribution in [2.45, 2.75) is 27.7 Å². The molecular formula is C26H62F18O16Si4. The standard InChI is InChI=1S/C8H20O4Si.C7H14F4O4Si.C5H12F2O4Si.C4H12O4Si.2CH2F2.4F2/c1-5-9-13(10-6-2,11-7-3)12-8-4;8-1-4-12-16(15-7-11,13-5-2-9)14-6-3-10;1-8-12(9-2,11-5-7)10-4-3-6;1-5-9(6-2,7-3)8-4;2*2-1-3;4*1-2/h5-8H2,1-4H3;1-7H2;3-5H2,1-2H3;1-4H3;2*1H2;;;;. The van der Waals surface area contributed by atoms with Crippen LogP contribution < -0.4 is 0 Å². The van der Waals surface area contributed by atoms with Gasteiger partial charge in [-0.05, 0) is 27.7 Å². The average Bonchev–Trinajstić information content (AvgIpc) is 3.33. The van der Waals surface area contributed by atoms with E-state index in [9.17, 15) is 43.9 Å². The van der Waals surface area contributed by atoms with Crippen LogP contribution in [-0.4, -0.2) is 186 Å². The molecular weight excluding hydrogens is 1020 g/mol. The van der Waals surface area contributed by atoms with Crippen molar-refractivity contribution in [3.8, 4) is 0 Å². The zero-order valence-corrected chi connectivity index (χ0v) is 40.6. The molecule has 0 bridgehead atoms. The van der Waals surface area contributed by atoms with E-state index in [-0.39, 0.29) is 6.61 Å². The molecule has 0 aliphatic heterocycles. The predicted molar refractivity (Wildman–Crippen MR) is 196 cm³/mol. The molecule has 0 radical (unpaired) electrons. The summed E-state index contributed by atoms with van der Waals surface area (Å²) in [5.41, 5.74) is 0. The quantitative estimate of drug-likeness (QED) is 0.0499. The molecule has 16 nitrogen and oxygen atoms in total. The van der Waals surface area contributed by atoms with Crippen LogP contribution in [0.4, 0.5) is 80.5 Å². The minimum absolute atomic E-state index is 0.228. The minimum atomic E-state index is -3.95. The van der Waals surface area contributed by atoms with Gasteiger partial charge in [-0.15, -0.1) is 0 Å². The molecule has 0 rings (SSSR count). The third-order valence-electron chi connectivity index (χ3n) is 4.67. The highest BCUT2D eigenvalue weighted by molar-refractivity contribution is 6.54. The van der Waals surface area contributed by atoms with Crippen molar-refractivity contribution in [3.05, 3.63) is 0 Å². The smallest absolute Gasteiger partial charge is 0.355 e. The van der Waals surface area contributed by atoms with Crippen molar-refractivity contribution in [1.82, 2.24) is 0 Å². The molecule has 0 saturated heterocycles. The zero-order valence-electron chi connectivity index (χ0n) is 36.6. The van der Waals surface area contributed by atoms with E-state index in [1.54, 1.807) is 0 Å². The van der Waals surface area contributed by atoms with Crippen LogP contribution in [0.3, 0.4) is 0 Å². The van der Waals surface area contributed by atoms with Gasteiger partial charge in [-0.25, -0.2) is 43.9 Å². The maximum atomic E-state index is 12.1. The molecule has 0 aromatic heterocycles. The summed E-state index contributed by atoms with van der Waals surface area (Å²) < 4.78 is 252. The lowest BCUT2D eigenvalue weighted by molar-refractivity contribution is -0.0573. The molecule has 64 heavy (non-hydrogen) atoms. The SMILES string of the molecule is CCO[Si](OCC)(OCC)OCC.CO[Si](OC)(OC)OC.CO[Si](OC)(OCF)OCCF.FCCO[Si](OCF)(OCCF)OCCF.FCF.FCF.FF.FF.FF.FF. The molecule has 38 heteroatoms. The summed E-state index contributed by atoms with van der Waals surface area (Å²) in [5.74, 6) is 0. The highest BCUT2D eigenvalue weighted by atomic mass is 28.4. The van der Waals surface area contributed by atoms with Crippen molar-refractivity contribution < 1.29 is 151 Å². The molecule has 0 aromatic carbocycles. The summed E-state index contributed by atoms with van der Waals surface area (Å²) in [4.78, 5) is 0. The summed E-state index contributed by atoms with van der Waals surface area (Å²) in [6.45, 7) is -0.998. The normalized spacial score (nSPS) is 10.3. The lowest BCUT2D eigenvalue weighted by Gasteiger charge is -2.26. The van der Waals surface area contributed by atoms with E-state index in [1.807, 2.05) is 27.7 Å². The van der Waals surface area contributed by atoms with E-state index < -0.39 is 110 Å². The van der Waals surface area contributed by atoms with E-state index in [2.05, 4.69) is 8.85 Å². The van der Waals surface area contributed by atoms with Crippen LogP contribution >= 0.6 is 0 Å². The van der Waals surface area contributed by atoms with Gasteiger partial charge < -0.3 is 70.8 Å². The highest BCUT2D eigenvalue weighted by Gasteiger charge is 2.47. The Morgan fingerprint density at radius 1 is 0.266 bits per heavy atom. The Hall–Kier alpha value is -1.03. The van der Waals surface area contributed by atoms with Gasteiger partial charge in [0.1, 0.15) is 26.7 Å². The first-order valence-corrected chi connectivity index (χ1v) is 23.2. The largest absolute Gasteiger partial charge is 0.682 e. The first-order chi connectivity index (χ1) is 30.8. The highest BCUT2D eigenvalue weighted by Crippen LogP contribution is 2.13. The van der Waals surface area contributed by atoms with Crippen LogP contribution in [0.15, 0.2) is 0 Å². The lowest BCUT2D eigenvalue weighted by atomic mass is 10.8. The topological polar surface area (TPSA) is 148 Å². The first-order valence-electron chi connectivity index (χ1n) is 16.7. The summed E-state index contributed by atoms with van der Waals surface area (Å²) in [6.07, 6.45) is 0. The Labute approximate surface area is 365 Å². The molecule has 0 atom stereocenters. The van der Waals surface area contributed by atoms with Crippen molar-refractivity contribution in [3.63, 3.8) is 0 Å². The molecule has 0 fully saturated rings. The molecule has 0 aliphatic rings. The molecule has 0 N–H and O–H groups in total. The van der Waals surface area contributed by atoms with Crippen LogP contribution in [0.1, 0.15) is 27.7 Å². The molecule has 0 saturated carbocycles. The number of hydrogen-bond donors (Lipinski definition) is 0. The van der Waals surface area contributed by atoms with Gasteiger partial charge in [0.2, 0.25) is 13.9 Å². The second kappa shape index (κ2) is 76.2. The monoisotopic (exact) mass is 1080 g/mol. The third kappa shape index (κ3) is 59.0. The molecule has 0 aromatic rings. The molecule has 0 amide bonds. The average molecular weight is 1090 g/mol. The Balaban J connectivity index is -0.0000000699. The summed E-state index contributed by atoms with van der Waals surface area (Å²) in [5, 5.41) is 0. The van der Waals surface area contributed by atoms with Crippen LogP contribution in [0.25, 0.3) is 0 Å². The Morgan fingerprint density at radius 3 is 0.578 bits per heavy atom. The Morgan fingerprint density at radius 2 is 0.438 bits per heavy atom. The Kier molecular flexibility index (Phi) is 103. The van der Waals surface area contributed by atoms with Gasteiger partial charge in [0.15, 0.2) is 13.7 Å². The zero-order chi connectivity index (χ0) is 52.6. The van der Waals surface area contributed by atoms with E-state index in [0.29, 0.717) is 26.4 Å². The predicted octanol–water partition coefficient (Wildman–Crippen LogP) is 8.67. The van der Waals surface area contributed by atoms with Crippen LogP contribution in [-0.2, 0) is 70.8 Å². The second-order valence-corrected chi connectivity index (χ2v) is 17.2.